The Bertz CT molecular complexity index is 1190. The number of benzene rings is 2. The Morgan fingerprint density at radius 3 is 2.65 bits per heavy atom. The highest BCUT2D eigenvalue weighted by Gasteiger charge is 2.38. The zero-order valence-electron chi connectivity index (χ0n) is 17.5. The lowest BCUT2D eigenvalue weighted by atomic mass is 9.85. The molecule has 2 aliphatic heterocycles. The molecular weight excluding hydrogens is 394 g/mol. The number of ether oxygens (including phenoxy) is 1. The smallest absolute Gasteiger partial charge is 0.258 e. The number of ketones is 1. The fourth-order valence-corrected chi connectivity index (χ4v) is 4.25. The Morgan fingerprint density at radius 1 is 1.03 bits per heavy atom. The first-order valence-electron chi connectivity index (χ1n) is 10.6. The van der Waals surface area contributed by atoms with Crippen LogP contribution in [0.5, 0.6) is 5.75 Å². The minimum Gasteiger partial charge on any atom is -0.486 e. The third kappa shape index (κ3) is 3.40. The first-order chi connectivity index (χ1) is 15.0. The average molecular weight is 417 g/mol. The van der Waals surface area contributed by atoms with Gasteiger partial charge in [-0.3, -0.25) is 9.59 Å². The summed E-state index contributed by atoms with van der Waals surface area (Å²) in [7, 11) is 0. The van der Waals surface area contributed by atoms with Gasteiger partial charge in [-0.1, -0.05) is 19.0 Å². The highest BCUT2D eigenvalue weighted by molar-refractivity contribution is 6.01. The molecule has 1 aromatic heterocycles. The zero-order valence-corrected chi connectivity index (χ0v) is 17.5. The van der Waals surface area contributed by atoms with Crippen LogP contribution in [0.1, 0.15) is 55.5 Å². The van der Waals surface area contributed by atoms with E-state index in [4.69, 9.17) is 9.26 Å². The predicted octanol–water partition coefficient (Wildman–Crippen LogP) is 4.81. The molecule has 0 radical (unpaired) electrons. The monoisotopic (exact) mass is 417 g/mol. The molecule has 0 fully saturated rings. The van der Waals surface area contributed by atoms with Crippen molar-refractivity contribution in [2.45, 2.75) is 51.6 Å². The van der Waals surface area contributed by atoms with Crippen LogP contribution in [0, 0.1) is 0 Å². The molecule has 1 N–H and O–H groups in total. The van der Waals surface area contributed by atoms with Gasteiger partial charge in [0.2, 0.25) is 11.7 Å². The molecule has 158 valence electrons. The minimum absolute atomic E-state index is 0.0307. The number of hydrogen-bond donors (Lipinski definition) is 1. The van der Waals surface area contributed by atoms with Crippen molar-refractivity contribution in [3.63, 3.8) is 0 Å². The summed E-state index contributed by atoms with van der Waals surface area (Å²) in [4.78, 5) is 28.9. The number of amides is 1. The van der Waals surface area contributed by atoms with E-state index in [0.717, 1.165) is 29.7 Å². The van der Waals surface area contributed by atoms with Gasteiger partial charge in [0.05, 0.1) is 12.0 Å². The van der Waals surface area contributed by atoms with Crippen LogP contribution in [0.25, 0.3) is 22.8 Å². The Hall–Kier alpha value is -3.48. The van der Waals surface area contributed by atoms with Crippen LogP contribution >= 0.6 is 0 Å². The van der Waals surface area contributed by atoms with Gasteiger partial charge in [-0.2, -0.15) is 4.98 Å². The summed E-state index contributed by atoms with van der Waals surface area (Å²) in [6, 6.07) is 11.1. The van der Waals surface area contributed by atoms with Crippen molar-refractivity contribution in [3.8, 4) is 28.6 Å². The van der Waals surface area contributed by atoms with Gasteiger partial charge in [-0.25, -0.2) is 0 Å². The maximum atomic E-state index is 12.8. The van der Waals surface area contributed by atoms with Gasteiger partial charge >= 0.3 is 0 Å². The van der Waals surface area contributed by atoms with Crippen LogP contribution in [0.4, 0.5) is 5.69 Å². The molecule has 0 atom stereocenters. The average Bonchev–Trinajstić information content (AvgIpc) is 3.28. The number of nitrogens with zero attached hydrogens (tertiary/aromatic N) is 2. The largest absolute Gasteiger partial charge is 0.486 e. The second kappa shape index (κ2) is 7.34. The van der Waals surface area contributed by atoms with Crippen molar-refractivity contribution in [1.82, 2.24) is 10.1 Å². The summed E-state index contributed by atoms with van der Waals surface area (Å²) in [5.74, 6) is 1.53. The third-order valence-corrected chi connectivity index (χ3v) is 6.31. The number of hydrogen-bond acceptors (Lipinski definition) is 6. The summed E-state index contributed by atoms with van der Waals surface area (Å²) in [6.07, 6.45) is 3.10. The summed E-state index contributed by atoms with van der Waals surface area (Å²) < 4.78 is 11.7. The van der Waals surface area contributed by atoms with Gasteiger partial charge < -0.3 is 14.6 Å². The second-order valence-corrected chi connectivity index (χ2v) is 8.15. The number of carbonyl (C=O) groups excluding carboxylic acids is 2. The lowest BCUT2D eigenvalue weighted by Crippen LogP contribution is -2.40. The fourth-order valence-electron chi connectivity index (χ4n) is 4.25. The normalized spacial score (nSPS) is 16.8. The van der Waals surface area contributed by atoms with Gasteiger partial charge in [0.1, 0.15) is 11.4 Å². The van der Waals surface area contributed by atoms with E-state index >= 15 is 0 Å². The molecule has 5 rings (SSSR count). The number of Topliss-reactive ketones (excluding diaryl/α,β-unsaturated/α-hetero) is 1. The van der Waals surface area contributed by atoms with E-state index in [9.17, 15) is 9.59 Å². The Balaban J connectivity index is 1.44. The molecule has 0 aliphatic carbocycles. The number of anilines is 1. The van der Waals surface area contributed by atoms with E-state index in [1.807, 2.05) is 44.2 Å². The molecule has 1 amide bonds. The van der Waals surface area contributed by atoms with Crippen LogP contribution in [-0.2, 0) is 11.2 Å². The van der Waals surface area contributed by atoms with E-state index in [-0.39, 0.29) is 11.7 Å². The quantitative estimate of drug-likeness (QED) is 0.654. The van der Waals surface area contributed by atoms with E-state index in [1.54, 1.807) is 6.07 Å². The Morgan fingerprint density at radius 2 is 1.84 bits per heavy atom. The molecule has 31 heavy (non-hydrogen) atoms. The first kappa shape index (κ1) is 19.5. The molecule has 7 heteroatoms. The van der Waals surface area contributed by atoms with E-state index in [0.29, 0.717) is 47.9 Å². The molecule has 0 spiro atoms. The molecular formula is C24H23N3O4. The van der Waals surface area contributed by atoms with Crippen molar-refractivity contribution in [3.05, 3.63) is 47.5 Å². The van der Waals surface area contributed by atoms with Crippen LogP contribution in [-0.4, -0.2) is 27.4 Å². The van der Waals surface area contributed by atoms with E-state index < -0.39 is 5.60 Å². The highest BCUT2D eigenvalue weighted by atomic mass is 16.5. The summed E-state index contributed by atoms with van der Waals surface area (Å²) >= 11 is 0. The van der Waals surface area contributed by atoms with Crippen LogP contribution in [0.15, 0.2) is 40.9 Å². The van der Waals surface area contributed by atoms with Crippen molar-refractivity contribution < 1.29 is 18.8 Å². The molecule has 0 saturated heterocycles. The first-order valence-corrected chi connectivity index (χ1v) is 10.6. The van der Waals surface area contributed by atoms with Gasteiger partial charge in [0.15, 0.2) is 5.78 Å². The molecule has 7 nitrogen and oxygen atoms in total. The summed E-state index contributed by atoms with van der Waals surface area (Å²) in [6.45, 7) is 4.09. The molecule has 0 saturated carbocycles. The van der Waals surface area contributed by atoms with Crippen molar-refractivity contribution in [1.29, 1.82) is 0 Å². The maximum Gasteiger partial charge on any atom is 0.258 e. The zero-order chi connectivity index (χ0) is 21.6. The Labute approximate surface area is 179 Å². The molecule has 0 bridgehead atoms. The van der Waals surface area contributed by atoms with Crippen molar-refractivity contribution in [2.75, 3.05) is 5.32 Å². The van der Waals surface area contributed by atoms with Crippen LogP contribution < -0.4 is 10.1 Å². The van der Waals surface area contributed by atoms with Gasteiger partial charge in [0.25, 0.3) is 5.89 Å². The molecule has 3 heterocycles. The third-order valence-electron chi connectivity index (χ3n) is 6.31. The minimum atomic E-state index is -0.421. The molecule has 2 aliphatic rings. The highest BCUT2D eigenvalue weighted by Crippen LogP contribution is 2.39. The van der Waals surface area contributed by atoms with Gasteiger partial charge in [-0.15, -0.1) is 0 Å². The van der Waals surface area contributed by atoms with Crippen LogP contribution in [0.3, 0.4) is 0 Å². The van der Waals surface area contributed by atoms with Crippen molar-refractivity contribution >= 4 is 17.4 Å². The maximum absolute atomic E-state index is 12.8. The van der Waals surface area contributed by atoms with Crippen LogP contribution in [0.2, 0.25) is 0 Å². The lowest BCUT2D eigenvalue weighted by molar-refractivity contribution is -0.116. The van der Waals surface area contributed by atoms with Crippen molar-refractivity contribution in [2.24, 2.45) is 0 Å². The topological polar surface area (TPSA) is 94.3 Å². The van der Waals surface area contributed by atoms with E-state index in [2.05, 4.69) is 15.5 Å². The summed E-state index contributed by atoms with van der Waals surface area (Å²) in [5, 5.41) is 6.99. The number of aromatic nitrogens is 2. The number of nitrogens with one attached hydrogen (secondary N) is 1. The number of rotatable bonds is 4. The standard InChI is InChI=1S/C24H23N3O4/c1-3-24(4-2)13-19(28)17-12-16(6-9-20(17)30-24)23-26-22(27-31-23)15-5-8-18-14(11-15)7-10-21(29)25-18/h5-6,8-9,11-12H,3-4,7,10,13H2,1-2H3,(H,25,29). The summed E-state index contributed by atoms with van der Waals surface area (Å²) in [5.41, 5.74) is 3.51. The van der Waals surface area contributed by atoms with Gasteiger partial charge in [-0.05, 0) is 61.2 Å². The number of fused-ring (bicyclic) bond motifs is 2. The van der Waals surface area contributed by atoms with E-state index in [1.165, 1.54) is 0 Å². The SMILES string of the molecule is CCC1(CC)CC(=O)c2cc(-c3nc(-c4ccc5c(c4)CCC(=O)N5)no3)ccc2O1. The molecule has 3 aromatic rings. The predicted molar refractivity (Wildman–Crippen MR) is 115 cm³/mol. The number of carbonyl (C=O) groups is 2. The number of aryl methyl sites for hydroxylation is 1. The lowest BCUT2D eigenvalue weighted by Gasteiger charge is -2.36. The fraction of sp³-hybridized carbons (Fsp3) is 0.333. The molecule has 0 unspecified atom stereocenters. The Kier molecular flexibility index (Phi) is 4.61. The second-order valence-electron chi connectivity index (χ2n) is 8.15. The van der Waals surface area contributed by atoms with Gasteiger partial charge in [0, 0.05) is 23.2 Å². The molecule has 2 aromatic carbocycles.